The third-order valence-electron chi connectivity index (χ3n) is 3.10. The van der Waals surface area contributed by atoms with Gasteiger partial charge in [0.1, 0.15) is 6.10 Å². The smallest absolute Gasteiger partial charge is 0.225 e. The van der Waals surface area contributed by atoms with Gasteiger partial charge in [-0.1, -0.05) is 6.92 Å². The first-order valence-corrected chi connectivity index (χ1v) is 7.06. The van der Waals surface area contributed by atoms with Gasteiger partial charge in [0.25, 0.3) is 0 Å². The fourth-order valence-electron chi connectivity index (χ4n) is 2.34. The van der Waals surface area contributed by atoms with E-state index in [0.29, 0.717) is 11.8 Å². The molecule has 1 N–H and O–H groups in total. The minimum Gasteiger partial charge on any atom is -0.474 e. The van der Waals surface area contributed by atoms with Gasteiger partial charge in [-0.05, 0) is 20.3 Å². The van der Waals surface area contributed by atoms with Crippen LogP contribution in [0.4, 0.5) is 5.95 Å². The molecule has 0 spiro atoms. The van der Waals surface area contributed by atoms with Crippen molar-refractivity contribution in [1.29, 1.82) is 0 Å². The number of anilines is 1. The van der Waals surface area contributed by atoms with Crippen molar-refractivity contribution in [2.75, 3.05) is 11.9 Å². The molecule has 2 heterocycles. The summed E-state index contributed by atoms with van der Waals surface area (Å²) < 4.78 is 11.7. The molecule has 0 aromatic carbocycles. The van der Waals surface area contributed by atoms with E-state index >= 15 is 0 Å². The molecule has 1 aromatic rings. The van der Waals surface area contributed by atoms with E-state index in [4.69, 9.17) is 9.47 Å². The highest BCUT2D eigenvalue weighted by molar-refractivity contribution is 5.27. The van der Waals surface area contributed by atoms with Crippen LogP contribution >= 0.6 is 0 Å². The van der Waals surface area contributed by atoms with Crippen molar-refractivity contribution >= 4 is 5.95 Å². The fourth-order valence-corrected chi connectivity index (χ4v) is 2.34. The number of hydrogen-bond acceptors (Lipinski definition) is 5. The highest BCUT2D eigenvalue weighted by atomic mass is 16.5. The molecular formula is C14H23N3O2. The summed E-state index contributed by atoms with van der Waals surface area (Å²) in [6.07, 6.45) is 5.25. The molecule has 106 valence electrons. The Morgan fingerprint density at radius 3 is 2.79 bits per heavy atom. The van der Waals surface area contributed by atoms with Gasteiger partial charge in [-0.2, -0.15) is 4.98 Å². The van der Waals surface area contributed by atoms with Crippen molar-refractivity contribution in [3.8, 4) is 5.88 Å². The molecule has 0 radical (unpaired) electrons. The molecule has 5 heteroatoms. The number of nitrogens with zero attached hydrogens (tertiary/aromatic N) is 2. The van der Waals surface area contributed by atoms with Crippen molar-refractivity contribution in [2.24, 2.45) is 0 Å². The van der Waals surface area contributed by atoms with Crippen LogP contribution in [0.25, 0.3) is 0 Å². The SMILES string of the molecule is CCCNc1nccc(OC2CC(C)OC(C)C2)n1. The maximum atomic E-state index is 5.95. The Kier molecular flexibility index (Phi) is 4.96. The zero-order chi connectivity index (χ0) is 13.7. The molecule has 5 nitrogen and oxygen atoms in total. The molecule has 0 bridgehead atoms. The van der Waals surface area contributed by atoms with E-state index in [0.717, 1.165) is 25.8 Å². The lowest BCUT2D eigenvalue weighted by Crippen LogP contribution is -2.35. The fraction of sp³-hybridized carbons (Fsp3) is 0.714. The van der Waals surface area contributed by atoms with Gasteiger partial charge in [0.15, 0.2) is 0 Å². The number of hydrogen-bond donors (Lipinski definition) is 1. The topological polar surface area (TPSA) is 56.3 Å². The summed E-state index contributed by atoms with van der Waals surface area (Å²) in [5.74, 6) is 1.27. The van der Waals surface area contributed by atoms with Crippen LogP contribution in [0.3, 0.4) is 0 Å². The van der Waals surface area contributed by atoms with Crippen LogP contribution in [-0.2, 0) is 4.74 Å². The van der Waals surface area contributed by atoms with Crippen molar-refractivity contribution < 1.29 is 9.47 Å². The standard InChI is InChI=1S/C14H23N3O2/c1-4-6-15-14-16-7-5-13(17-14)19-12-8-10(2)18-11(3)9-12/h5,7,10-12H,4,6,8-9H2,1-3H3,(H,15,16,17). The zero-order valence-corrected chi connectivity index (χ0v) is 11.9. The Bertz CT molecular complexity index is 390. The first-order chi connectivity index (χ1) is 9.17. The van der Waals surface area contributed by atoms with Gasteiger partial charge in [0.05, 0.1) is 12.2 Å². The Balaban J connectivity index is 1.94. The molecule has 2 rings (SSSR count). The van der Waals surface area contributed by atoms with Crippen LogP contribution in [0.2, 0.25) is 0 Å². The summed E-state index contributed by atoms with van der Waals surface area (Å²) in [5, 5.41) is 3.16. The summed E-state index contributed by atoms with van der Waals surface area (Å²) in [7, 11) is 0. The Hall–Kier alpha value is -1.36. The molecule has 2 atom stereocenters. The van der Waals surface area contributed by atoms with Gasteiger partial charge >= 0.3 is 0 Å². The van der Waals surface area contributed by atoms with E-state index in [2.05, 4.69) is 36.1 Å². The minimum atomic E-state index is 0.174. The average Bonchev–Trinajstić information content (AvgIpc) is 2.35. The lowest BCUT2D eigenvalue weighted by molar-refractivity contribution is -0.0729. The lowest BCUT2D eigenvalue weighted by Gasteiger charge is -2.31. The molecule has 2 unspecified atom stereocenters. The van der Waals surface area contributed by atoms with Crippen molar-refractivity contribution in [3.05, 3.63) is 12.3 Å². The van der Waals surface area contributed by atoms with Crippen molar-refractivity contribution in [3.63, 3.8) is 0 Å². The maximum Gasteiger partial charge on any atom is 0.225 e. The number of nitrogens with one attached hydrogen (secondary N) is 1. The van der Waals surface area contributed by atoms with Crippen LogP contribution in [0.15, 0.2) is 12.3 Å². The van der Waals surface area contributed by atoms with E-state index < -0.39 is 0 Å². The number of ether oxygens (including phenoxy) is 2. The zero-order valence-electron chi connectivity index (χ0n) is 11.9. The van der Waals surface area contributed by atoms with Gasteiger partial charge in [0.2, 0.25) is 11.8 Å². The van der Waals surface area contributed by atoms with E-state index in [9.17, 15) is 0 Å². The van der Waals surface area contributed by atoms with Crippen molar-refractivity contribution in [1.82, 2.24) is 9.97 Å². The Morgan fingerprint density at radius 2 is 2.11 bits per heavy atom. The minimum absolute atomic E-state index is 0.174. The molecule has 1 aromatic heterocycles. The van der Waals surface area contributed by atoms with Gasteiger partial charge < -0.3 is 14.8 Å². The predicted molar refractivity (Wildman–Crippen MR) is 74.5 cm³/mol. The quantitative estimate of drug-likeness (QED) is 0.887. The second-order valence-corrected chi connectivity index (χ2v) is 5.11. The first kappa shape index (κ1) is 14.1. The number of rotatable bonds is 5. The second-order valence-electron chi connectivity index (χ2n) is 5.11. The van der Waals surface area contributed by atoms with Crippen LogP contribution < -0.4 is 10.1 Å². The average molecular weight is 265 g/mol. The molecule has 1 aliphatic rings. The summed E-state index contributed by atoms with van der Waals surface area (Å²) in [5.41, 5.74) is 0. The first-order valence-electron chi connectivity index (χ1n) is 7.06. The van der Waals surface area contributed by atoms with E-state index in [-0.39, 0.29) is 18.3 Å². The molecule has 0 saturated carbocycles. The third-order valence-corrected chi connectivity index (χ3v) is 3.10. The van der Waals surface area contributed by atoms with Crippen LogP contribution in [0.1, 0.15) is 40.0 Å². The number of aromatic nitrogens is 2. The van der Waals surface area contributed by atoms with Crippen LogP contribution in [-0.4, -0.2) is 34.8 Å². The highest BCUT2D eigenvalue weighted by Gasteiger charge is 2.26. The molecule has 0 aliphatic carbocycles. The molecular weight excluding hydrogens is 242 g/mol. The lowest BCUT2D eigenvalue weighted by atomic mass is 10.0. The van der Waals surface area contributed by atoms with Crippen LogP contribution in [0, 0.1) is 0 Å². The predicted octanol–water partition coefficient (Wildman–Crippen LogP) is 2.63. The van der Waals surface area contributed by atoms with E-state index in [1.165, 1.54) is 0 Å². The van der Waals surface area contributed by atoms with Crippen molar-refractivity contribution in [2.45, 2.75) is 58.3 Å². The Labute approximate surface area is 114 Å². The third kappa shape index (κ3) is 4.35. The summed E-state index contributed by atoms with van der Waals surface area (Å²) in [4.78, 5) is 8.54. The van der Waals surface area contributed by atoms with Crippen LogP contribution in [0.5, 0.6) is 5.88 Å². The monoisotopic (exact) mass is 265 g/mol. The normalized spacial score (nSPS) is 27.0. The Morgan fingerprint density at radius 1 is 1.37 bits per heavy atom. The summed E-state index contributed by atoms with van der Waals surface area (Å²) >= 11 is 0. The summed E-state index contributed by atoms with van der Waals surface area (Å²) in [6.45, 7) is 7.15. The highest BCUT2D eigenvalue weighted by Crippen LogP contribution is 2.23. The van der Waals surface area contributed by atoms with Gasteiger partial charge in [-0.3, -0.25) is 0 Å². The molecule has 1 fully saturated rings. The van der Waals surface area contributed by atoms with Gasteiger partial charge in [-0.25, -0.2) is 4.98 Å². The molecule has 19 heavy (non-hydrogen) atoms. The second kappa shape index (κ2) is 6.70. The molecule has 1 aliphatic heterocycles. The van der Waals surface area contributed by atoms with E-state index in [1.807, 2.05) is 6.07 Å². The van der Waals surface area contributed by atoms with Gasteiger partial charge in [0, 0.05) is 31.6 Å². The van der Waals surface area contributed by atoms with Gasteiger partial charge in [-0.15, -0.1) is 0 Å². The maximum absolute atomic E-state index is 5.95. The largest absolute Gasteiger partial charge is 0.474 e. The van der Waals surface area contributed by atoms with E-state index in [1.54, 1.807) is 6.20 Å². The summed E-state index contributed by atoms with van der Waals surface area (Å²) in [6, 6.07) is 1.81. The molecule has 0 amide bonds. The molecule has 1 saturated heterocycles.